The third kappa shape index (κ3) is 1.56. The number of fused-ring (bicyclic) bond motifs is 1. The van der Waals surface area contributed by atoms with Crippen LogP contribution < -0.4 is 15.2 Å². The Morgan fingerprint density at radius 3 is 2.71 bits per heavy atom. The van der Waals surface area contributed by atoms with Crippen molar-refractivity contribution in [3.05, 3.63) is 23.8 Å². The number of benzene rings is 1. The molecule has 0 radical (unpaired) electrons. The van der Waals surface area contributed by atoms with Crippen molar-refractivity contribution in [3.8, 4) is 11.5 Å². The number of carbonyl (C=O) groups is 1. The highest BCUT2D eigenvalue weighted by Crippen LogP contribution is 2.31. The lowest BCUT2D eigenvalue weighted by Gasteiger charge is -2.19. The van der Waals surface area contributed by atoms with Crippen molar-refractivity contribution in [2.24, 2.45) is 5.73 Å². The predicted molar refractivity (Wildman–Crippen MR) is 50.4 cm³/mol. The summed E-state index contributed by atoms with van der Waals surface area (Å²) in [7, 11) is 0. The lowest BCUT2D eigenvalue weighted by Crippen LogP contribution is -2.17. The summed E-state index contributed by atoms with van der Waals surface area (Å²) in [6.07, 6.45) is 0.700. The number of carbonyl (C=O) groups excluding carboxylic acids is 1. The molecule has 1 unspecified atom stereocenters. The van der Waals surface area contributed by atoms with Crippen molar-refractivity contribution >= 4 is 6.29 Å². The van der Waals surface area contributed by atoms with Gasteiger partial charge in [0, 0.05) is 0 Å². The Balaban J connectivity index is 2.33. The molecule has 4 heteroatoms. The number of hydrogen-bond donors (Lipinski definition) is 1. The molecule has 0 saturated heterocycles. The molecule has 0 aliphatic carbocycles. The summed E-state index contributed by atoms with van der Waals surface area (Å²) >= 11 is 0. The van der Waals surface area contributed by atoms with Gasteiger partial charge >= 0.3 is 0 Å². The molecule has 74 valence electrons. The molecule has 14 heavy (non-hydrogen) atoms. The Kier molecular flexibility index (Phi) is 2.37. The predicted octanol–water partition coefficient (Wildman–Crippen LogP) is 0.656. The maximum Gasteiger partial charge on any atom is 0.161 e. The standard InChI is InChI=1S/C10H11NO3/c11-8(6-12)7-1-2-9-10(5-7)14-4-3-13-9/h1-2,5-6,8H,3-4,11H2. The lowest BCUT2D eigenvalue weighted by atomic mass is 10.1. The van der Waals surface area contributed by atoms with Crippen LogP contribution in [0, 0.1) is 0 Å². The largest absolute Gasteiger partial charge is 0.486 e. The summed E-state index contributed by atoms with van der Waals surface area (Å²) in [6, 6.07) is 4.69. The van der Waals surface area contributed by atoms with E-state index in [2.05, 4.69) is 0 Å². The first-order valence-corrected chi connectivity index (χ1v) is 4.41. The molecule has 1 aliphatic rings. The fourth-order valence-electron chi connectivity index (χ4n) is 1.35. The fraction of sp³-hybridized carbons (Fsp3) is 0.300. The first-order valence-electron chi connectivity index (χ1n) is 4.41. The van der Waals surface area contributed by atoms with E-state index in [9.17, 15) is 4.79 Å². The molecule has 0 amide bonds. The molecule has 2 N–H and O–H groups in total. The third-order valence-electron chi connectivity index (χ3n) is 2.10. The second-order valence-electron chi connectivity index (χ2n) is 3.06. The molecule has 0 bridgehead atoms. The average Bonchev–Trinajstić information content (AvgIpc) is 2.27. The number of ether oxygens (including phenoxy) is 2. The summed E-state index contributed by atoms with van der Waals surface area (Å²) in [6.45, 7) is 1.10. The molecule has 1 aromatic rings. The molecule has 1 aliphatic heterocycles. The van der Waals surface area contributed by atoms with Gasteiger partial charge in [0.05, 0.1) is 6.04 Å². The van der Waals surface area contributed by atoms with Crippen LogP contribution in [0.15, 0.2) is 18.2 Å². The van der Waals surface area contributed by atoms with Crippen molar-refractivity contribution in [2.75, 3.05) is 13.2 Å². The molecular formula is C10H11NO3. The van der Waals surface area contributed by atoms with Crippen LogP contribution in [0.25, 0.3) is 0 Å². The second kappa shape index (κ2) is 3.67. The van der Waals surface area contributed by atoms with E-state index in [-0.39, 0.29) is 0 Å². The van der Waals surface area contributed by atoms with Crippen molar-refractivity contribution in [2.45, 2.75) is 6.04 Å². The molecule has 0 fully saturated rings. The molecule has 1 atom stereocenters. The quantitative estimate of drug-likeness (QED) is 0.701. The highest BCUT2D eigenvalue weighted by atomic mass is 16.6. The van der Waals surface area contributed by atoms with E-state index >= 15 is 0 Å². The van der Waals surface area contributed by atoms with Gasteiger partial charge < -0.3 is 20.0 Å². The summed E-state index contributed by atoms with van der Waals surface area (Å²) in [5.41, 5.74) is 6.30. The van der Waals surface area contributed by atoms with Crippen LogP contribution in [0.3, 0.4) is 0 Å². The van der Waals surface area contributed by atoms with E-state index in [0.29, 0.717) is 31.0 Å². The van der Waals surface area contributed by atoms with Crippen LogP contribution in [0.1, 0.15) is 11.6 Å². The van der Waals surface area contributed by atoms with Gasteiger partial charge in [-0.15, -0.1) is 0 Å². The van der Waals surface area contributed by atoms with Gasteiger partial charge in [0.2, 0.25) is 0 Å². The van der Waals surface area contributed by atoms with Crippen molar-refractivity contribution < 1.29 is 14.3 Å². The molecule has 1 aromatic carbocycles. The normalized spacial score (nSPS) is 16.1. The molecule has 0 spiro atoms. The maximum atomic E-state index is 10.5. The molecule has 0 saturated carbocycles. The van der Waals surface area contributed by atoms with Crippen LogP contribution in [0.5, 0.6) is 11.5 Å². The fourth-order valence-corrected chi connectivity index (χ4v) is 1.35. The molecular weight excluding hydrogens is 182 g/mol. The minimum absolute atomic E-state index is 0.535. The van der Waals surface area contributed by atoms with Crippen molar-refractivity contribution in [3.63, 3.8) is 0 Å². The number of rotatable bonds is 2. The number of aldehydes is 1. The zero-order valence-corrected chi connectivity index (χ0v) is 7.60. The minimum atomic E-state index is -0.592. The molecule has 0 aromatic heterocycles. The third-order valence-corrected chi connectivity index (χ3v) is 2.10. The van der Waals surface area contributed by atoms with Gasteiger partial charge in [-0.05, 0) is 17.7 Å². The number of hydrogen-bond acceptors (Lipinski definition) is 4. The summed E-state index contributed by atoms with van der Waals surface area (Å²) < 4.78 is 10.7. The van der Waals surface area contributed by atoms with Crippen LogP contribution in [-0.2, 0) is 4.79 Å². The van der Waals surface area contributed by atoms with E-state index in [1.54, 1.807) is 18.2 Å². The lowest BCUT2D eigenvalue weighted by molar-refractivity contribution is -0.109. The average molecular weight is 193 g/mol. The molecule has 1 heterocycles. The summed E-state index contributed by atoms with van der Waals surface area (Å²) in [5.74, 6) is 1.36. The Bertz CT molecular complexity index is 351. The van der Waals surface area contributed by atoms with E-state index in [4.69, 9.17) is 15.2 Å². The van der Waals surface area contributed by atoms with Crippen LogP contribution >= 0.6 is 0 Å². The van der Waals surface area contributed by atoms with Crippen molar-refractivity contribution in [1.82, 2.24) is 0 Å². The first kappa shape index (κ1) is 9.02. The maximum absolute atomic E-state index is 10.5. The van der Waals surface area contributed by atoms with Crippen molar-refractivity contribution in [1.29, 1.82) is 0 Å². The van der Waals surface area contributed by atoms with E-state index in [0.717, 1.165) is 5.56 Å². The zero-order valence-electron chi connectivity index (χ0n) is 7.60. The van der Waals surface area contributed by atoms with E-state index < -0.39 is 6.04 Å². The van der Waals surface area contributed by atoms with Gasteiger partial charge in [-0.1, -0.05) is 6.07 Å². The van der Waals surface area contributed by atoms with E-state index in [1.165, 1.54) is 0 Å². The first-order chi connectivity index (χ1) is 6.81. The van der Waals surface area contributed by atoms with E-state index in [1.807, 2.05) is 0 Å². The van der Waals surface area contributed by atoms with Crippen LogP contribution in [-0.4, -0.2) is 19.5 Å². The Morgan fingerprint density at radius 2 is 2.00 bits per heavy atom. The summed E-state index contributed by atoms with van der Waals surface area (Å²) in [5, 5.41) is 0. The minimum Gasteiger partial charge on any atom is -0.486 e. The van der Waals surface area contributed by atoms with Gasteiger partial charge in [-0.25, -0.2) is 0 Å². The second-order valence-corrected chi connectivity index (χ2v) is 3.06. The zero-order chi connectivity index (χ0) is 9.97. The Morgan fingerprint density at radius 1 is 1.29 bits per heavy atom. The van der Waals surface area contributed by atoms with Crippen LogP contribution in [0.2, 0.25) is 0 Å². The van der Waals surface area contributed by atoms with Gasteiger partial charge in [-0.3, -0.25) is 0 Å². The Hall–Kier alpha value is -1.55. The van der Waals surface area contributed by atoms with Gasteiger partial charge in [0.1, 0.15) is 19.5 Å². The highest BCUT2D eigenvalue weighted by Gasteiger charge is 2.13. The topological polar surface area (TPSA) is 61.6 Å². The SMILES string of the molecule is NC(C=O)c1ccc2c(c1)OCCO2. The molecule has 2 rings (SSSR count). The van der Waals surface area contributed by atoms with Gasteiger partial charge in [-0.2, -0.15) is 0 Å². The highest BCUT2D eigenvalue weighted by molar-refractivity contribution is 5.62. The smallest absolute Gasteiger partial charge is 0.161 e. The van der Waals surface area contributed by atoms with Gasteiger partial charge in [0.25, 0.3) is 0 Å². The monoisotopic (exact) mass is 193 g/mol. The Labute approximate surface area is 81.6 Å². The summed E-state index contributed by atoms with van der Waals surface area (Å²) in [4.78, 5) is 10.5. The number of nitrogens with two attached hydrogens (primary N) is 1. The molecule has 4 nitrogen and oxygen atoms in total. The van der Waals surface area contributed by atoms with Gasteiger partial charge in [0.15, 0.2) is 11.5 Å². The van der Waals surface area contributed by atoms with Crippen LogP contribution in [0.4, 0.5) is 0 Å².